The van der Waals surface area contributed by atoms with Crippen LogP contribution in [0.4, 0.5) is 11.4 Å². The van der Waals surface area contributed by atoms with E-state index in [0.29, 0.717) is 6.54 Å². The van der Waals surface area contributed by atoms with Crippen LogP contribution in [0.25, 0.3) is 0 Å². The predicted octanol–water partition coefficient (Wildman–Crippen LogP) is 2.17. The van der Waals surface area contributed by atoms with Gasteiger partial charge in [-0.25, -0.2) is 0 Å². The van der Waals surface area contributed by atoms with Crippen LogP contribution in [0.5, 0.6) is 0 Å². The normalized spacial score (nSPS) is 10.1. The standard InChI is InChI=1S/C12H11N3O3S/c13-11-2-1-9(15(17)18)5-10(11)12(16)14-6-8-3-4-19-7-8/h1-5,7H,6,13H2,(H,14,16). The number of benzene rings is 1. The second kappa shape index (κ2) is 5.49. The second-order valence-electron chi connectivity index (χ2n) is 3.84. The van der Waals surface area contributed by atoms with Crippen molar-refractivity contribution in [2.24, 2.45) is 0 Å². The molecule has 98 valence electrons. The molecule has 0 saturated heterocycles. The molecule has 0 saturated carbocycles. The number of nitrogen functional groups attached to an aromatic ring is 1. The molecule has 1 heterocycles. The molecule has 0 unspecified atom stereocenters. The second-order valence-corrected chi connectivity index (χ2v) is 4.62. The van der Waals surface area contributed by atoms with E-state index in [0.717, 1.165) is 5.56 Å². The van der Waals surface area contributed by atoms with Crippen LogP contribution in [0, 0.1) is 10.1 Å². The average Bonchev–Trinajstić information content (AvgIpc) is 2.89. The highest BCUT2D eigenvalue weighted by Gasteiger charge is 2.15. The quantitative estimate of drug-likeness (QED) is 0.508. The van der Waals surface area contributed by atoms with Gasteiger partial charge in [0, 0.05) is 24.4 Å². The number of nitro benzene ring substituents is 1. The van der Waals surface area contributed by atoms with Crippen LogP contribution in [0.2, 0.25) is 0 Å². The summed E-state index contributed by atoms with van der Waals surface area (Å²) in [4.78, 5) is 22.0. The van der Waals surface area contributed by atoms with Crippen molar-refractivity contribution in [2.75, 3.05) is 5.73 Å². The van der Waals surface area contributed by atoms with Crippen LogP contribution >= 0.6 is 11.3 Å². The molecule has 1 amide bonds. The minimum absolute atomic E-state index is 0.115. The first-order chi connectivity index (χ1) is 9.08. The number of anilines is 1. The Hall–Kier alpha value is -2.41. The van der Waals surface area contributed by atoms with Crippen molar-refractivity contribution in [2.45, 2.75) is 6.54 Å². The minimum Gasteiger partial charge on any atom is -0.398 e. The number of carbonyl (C=O) groups excluding carboxylic acids is 1. The predicted molar refractivity (Wildman–Crippen MR) is 73.0 cm³/mol. The van der Waals surface area contributed by atoms with Gasteiger partial charge in [0.2, 0.25) is 0 Å². The summed E-state index contributed by atoms with van der Waals surface area (Å²) >= 11 is 1.53. The van der Waals surface area contributed by atoms with Gasteiger partial charge < -0.3 is 11.1 Å². The molecule has 1 aromatic heterocycles. The Kier molecular flexibility index (Phi) is 3.76. The van der Waals surface area contributed by atoms with Crippen molar-refractivity contribution < 1.29 is 9.72 Å². The number of nitrogens with zero attached hydrogens (tertiary/aromatic N) is 1. The van der Waals surface area contributed by atoms with Gasteiger partial charge in [0.15, 0.2) is 0 Å². The zero-order chi connectivity index (χ0) is 13.8. The van der Waals surface area contributed by atoms with Crippen LogP contribution < -0.4 is 11.1 Å². The molecule has 0 spiro atoms. The number of amides is 1. The lowest BCUT2D eigenvalue weighted by Gasteiger charge is -2.06. The van der Waals surface area contributed by atoms with Gasteiger partial charge in [-0.1, -0.05) is 0 Å². The monoisotopic (exact) mass is 277 g/mol. The molecule has 0 aliphatic rings. The number of nitrogens with two attached hydrogens (primary N) is 1. The fourth-order valence-corrected chi connectivity index (χ4v) is 2.19. The highest BCUT2D eigenvalue weighted by atomic mass is 32.1. The molecule has 0 bridgehead atoms. The molecule has 6 nitrogen and oxygen atoms in total. The molecule has 1 aromatic carbocycles. The number of carbonyl (C=O) groups is 1. The van der Waals surface area contributed by atoms with Gasteiger partial charge in [-0.2, -0.15) is 11.3 Å². The fraction of sp³-hybridized carbons (Fsp3) is 0.0833. The Labute approximate surface area is 113 Å². The highest BCUT2D eigenvalue weighted by Crippen LogP contribution is 2.19. The lowest BCUT2D eigenvalue weighted by Crippen LogP contribution is -2.23. The summed E-state index contributed by atoms with van der Waals surface area (Å²) in [6.07, 6.45) is 0. The third-order valence-electron chi connectivity index (χ3n) is 2.53. The third-order valence-corrected chi connectivity index (χ3v) is 3.26. The maximum Gasteiger partial charge on any atom is 0.270 e. The summed E-state index contributed by atoms with van der Waals surface area (Å²) in [6.45, 7) is 0.366. The van der Waals surface area contributed by atoms with E-state index in [1.165, 1.54) is 29.5 Å². The lowest BCUT2D eigenvalue weighted by atomic mass is 10.1. The van der Waals surface area contributed by atoms with Gasteiger partial charge >= 0.3 is 0 Å². The Morgan fingerprint density at radius 1 is 1.42 bits per heavy atom. The summed E-state index contributed by atoms with van der Waals surface area (Å²) in [5.74, 6) is -0.424. The lowest BCUT2D eigenvalue weighted by molar-refractivity contribution is -0.384. The van der Waals surface area contributed by atoms with Gasteiger partial charge in [-0.15, -0.1) is 0 Å². The molecule has 0 radical (unpaired) electrons. The van der Waals surface area contributed by atoms with Crippen LogP contribution in [-0.4, -0.2) is 10.8 Å². The molecule has 7 heteroatoms. The fourth-order valence-electron chi connectivity index (χ4n) is 1.53. The van der Waals surface area contributed by atoms with E-state index >= 15 is 0 Å². The summed E-state index contributed by atoms with van der Waals surface area (Å²) < 4.78 is 0. The molecule has 3 N–H and O–H groups in total. The van der Waals surface area contributed by atoms with E-state index in [2.05, 4.69) is 5.32 Å². The first-order valence-electron chi connectivity index (χ1n) is 5.41. The molecule has 19 heavy (non-hydrogen) atoms. The van der Waals surface area contributed by atoms with Gasteiger partial charge in [0.25, 0.3) is 11.6 Å². The molecule has 2 aromatic rings. The largest absolute Gasteiger partial charge is 0.398 e. The maximum atomic E-state index is 11.9. The minimum atomic E-state index is -0.560. The summed E-state index contributed by atoms with van der Waals surface area (Å²) in [5.41, 5.74) is 6.81. The van der Waals surface area contributed by atoms with Gasteiger partial charge in [0.1, 0.15) is 0 Å². The number of rotatable bonds is 4. The topological polar surface area (TPSA) is 98.3 Å². The number of nitrogens with one attached hydrogen (secondary N) is 1. The Balaban J connectivity index is 2.14. The van der Waals surface area contributed by atoms with Crippen molar-refractivity contribution in [1.82, 2.24) is 5.32 Å². The first-order valence-corrected chi connectivity index (χ1v) is 6.35. The van der Waals surface area contributed by atoms with Crippen LogP contribution in [0.15, 0.2) is 35.0 Å². The van der Waals surface area contributed by atoms with E-state index in [-0.39, 0.29) is 16.9 Å². The average molecular weight is 277 g/mol. The van der Waals surface area contributed by atoms with Gasteiger partial charge in [-0.05, 0) is 28.5 Å². The Morgan fingerprint density at radius 2 is 2.21 bits per heavy atom. The summed E-state index contributed by atoms with van der Waals surface area (Å²) in [6, 6.07) is 5.70. The number of hydrogen-bond acceptors (Lipinski definition) is 5. The first kappa shape index (κ1) is 13.0. The smallest absolute Gasteiger partial charge is 0.270 e. The summed E-state index contributed by atoms with van der Waals surface area (Å²) in [5, 5.41) is 17.2. The van der Waals surface area contributed by atoms with Crippen molar-refractivity contribution >= 4 is 28.6 Å². The van der Waals surface area contributed by atoms with Crippen LogP contribution in [0.1, 0.15) is 15.9 Å². The number of thiophene rings is 1. The van der Waals surface area contributed by atoms with Crippen LogP contribution in [-0.2, 0) is 6.54 Å². The SMILES string of the molecule is Nc1ccc([N+](=O)[O-])cc1C(=O)NCc1ccsc1. The molecular formula is C12H11N3O3S. The van der Waals surface area contributed by atoms with Crippen molar-refractivity contribution in [3.05, 3.63) is 56.3 Å². The van der Waals surface area contributed by atoms with Gasteiger partial charge in [0.05, 0.1) is 10.5 Å². The van der Waals surface area contributed by atoms with E-state index in [1.54, 1.807) is 0 Å². The number of non-ortho nitro benzene ring substituents is 1. The maximum absolute atomic E-state index is 11.9. The number of nitro groups is 1. The van der Waals surface area contributed by atoms with E-state index < -0.39 is 10.8 Å². The van der Waals surface area contributed by atoms with Crippen molar-refractivity contribution in [1.29, 1.82) is 0 Å². The highest BCUT2D eigenvalue weighted by molar-refractivity contribution is 7.07. The Morgan fingerprint density at radius 3 is 2.84 bits per heavy atom. The number of hydrogen-bond donors (Lipinski definition) is 2. The molecular weight excluding hydrogens is 266 g/mol. The molecule has 0 aliphatic carbocycles. The molecule has 0 fully saturated rings. The van der Waals surface area contributed by atoms with Gasteiger partial charge in [-0.3, -0.25) is 14.9 Å². The molecule has 0 atom stereocenters. The van der Waals surface area contributed by atoms with Crippen molar-refractivity contribution in [3.63, 3.8) is 0 Å². The third kappa shape index (κ3) is 3.08. The zero-order valence-corrected chi connectivity index (χ0v) is 10.6. The summed E-state index contributed by atoms with van der Waals surface area (Å²) in [7, 11) is 0. The van der Waals surface area contributed by atoms with E-state index in [1.807, 2.05) is 16.8 Å². The molecule has 0 aliphatic heterocycles. The van der Waals surface area contributed by atoms with Crippen molar-refractivity contribution in [3.8, 4) is 0 Å². The van der Waals surface area contributed by atoms with E-state index in [9.17, 15) is 14.9 Å². The Bertz CT molecular complexity index is 611. The molecule has 2 rings (SSSR count). The zero-order valence-electron chi connectivity index (χ0n) is 9.83. The van der Waals surface area contributed by atoms with E-state index in [4.69, 9.17) is 5.73 Å². The van der Waals surface area contributed by atoms with Crippen LogP contribution in [0.3, 0.4) is 0 Å².